The molecule has 4 saturated carbocycles. The molecule has 5 aliphatic carbocycles. The Balaban J connectivity index is 1.33. The highest BCUT2D eigenvalue weighted by Crippen LogP contribution is 2.75. The predicted octanol–water partition coefficient (Wildman–Crippen LogP) is 8.35. The number of aliphatic carboxylic acids is 1. The number of pyridine rings is 1. The molecule has 0 radical (unpaired) electrons. The third-order valence-corrected chi connectivity index (χ3v) is 14.5. The van der Waals surface area contributed by atoms with Gasteiger partial charge in [0.2, 0.25) is 0 Å². The van der Waals surface area contributed by atoms with E-state index in [1.807, 2.05) is 0 Å². The summed E-state index contributed by atoms with van der Waals surface area (Å²) >= 11 is 0. The van der Waals surface area contributed by atoms with Gasteiger partial charge >= 0.3 is 11.9 Å². The lowest BCUT2D eigenvalue weighted by molar-refractivity contribution is -0.206. The highest BCUT2D eigenvalue weighted by atomic mass is 16.5. The molecule has 0 bridgehead atoms. The van der Waals surface area contributed by atoms with E-state index in [0.29, 0.717) is 29.2 Å². The molecule has 6 rings (SSSR count). The first-order chi connectivity index (χ1) is 19.2. The first kappa shape index (κ1) is 28.9. The van der Waals surface area contributed by atoms with Gasteiger partial charge in [-0.15, -0.1) is 0 Å². The second-order valence-corrected chi connectivity index (χ2v) is 16.1. The molecule has 0 amide bonds. The standard InChI is InChI=1S/C36H51NO4/c1-22-12-17-36(31(39)40)19-18-34(6)25(29(36)23(22)2)10-11-27-33(5)15-14-28(41-30(38)24-9-8-20-37-21-24)32(3,4)26(33)13-16-35(27,34)7/h8-10,20-23,26-29H,11-19H2,1-7H3,(H,39,40)/t22-,23+,26?,27-,28+,29+,33+,34-,35-,36+/m1/s1. The van der Waals surface area contributed by atoms with Crippen LogP contribution in [0.3, 0.4) is 0 Å². The molecule has 1 aromatic heterocycles. The summed E-state index contributed by atoms with van der Waals surface area (Å²) in [5.74, 6) is 1.26. The summed E-state index contributed by atoms with van der Waals surface area (Å²) in [6.45, 7) is 17.0. The fraction of sp³-hybridized carbons (Fsp3) is 0.750. The van der Waals surface area contributed by atoms with E-state index in [-0.39, 0.29) is 39.7 Å². The Morgan fingerprint density at radius 3 is 2.39 bits per heavy atom. The number of carbonyl (C=O) groups excluding carboxylic acids is 1. The molecule has 0 saturated heterocycles. The number of hydrogen-bond donors (Lipinski definition) is 1. The van der Waals surface area contributed by atoms with Crippen LogP contribution in [0.1, 0.15) is 117 Å². The number of nitrogens with zero attached hydrogens (tertiary/aromatic N) is 1. The number of fused-ring (bicyclic) bond motifs is 7. The summed E-state index contributed by atoms with van der Waals surface area (Å²) in [6, 6.07) is 3.57. The van der Waals surface area contributed by atoms with Crippen molar-refractivity contribution >= 4 is 11.9 Å². The summed E-state index contributed by atoms with van der Waals surface area (Å²) in [7, 11) is 0. The topological polar surface area (TPSA) is 76.5 Å². The Bertz CT molecular complexity index is 1260. The van der Waals surface area contributed by atoms with E-state index in [1.165, 1.54) is 5.57 Å². The molecule has 224 valence electrons. The summed E-state index contributed by atoms with van der Waals surface area (Å²) < 4.78 is 6.22. The number of esters is 1. The van der Waals surface area contributed by atoms with Crippen molar-refractivity contribution in [1.29, 1.82) is 0 Å². The minimum absolute atomic E-state index is 0.0204. The van der Waals surface area contributed by atoms with Gasteiger partial charge in [-0.2, -0.15) is 0 Å². The second kappa shape index (κ2) is 9.41. The van der Waals surface area contributed by atoms with Crippen molar-refractivity contribution in [2.45, 2.75) is 112 Å². The Morgan fingerprint density at radius 1 is 0.951 bits per heavy atom. The second-order valence-electron chi connectivity index (χ2n) is 16.1. The zero-order valence-electron chi connectivity index (χ0n) is 26.3. The third-order valence-electron chi connectivity index (χ3n) is 14.5. The number of hydrogen-bond acceptors (Lipinski definition) is 4. The van der Waals surface area contributed by atoms with Crippen LogP contribution in [-0.2, 0) is 9.53 Å². The number of allylic oxidation sites excluding steroid dienone is 2. The van der Waals surface area contributed by atoms with E-state index in [2.05, 4.69) is 59.5 Å². The van der Waals surface area contributed by atoms with Gasteiger partial charge in [-0.3, -0.25) is 9.78 Å². The highest BCUT2D eigenvalue weighted by Gasteiger charge is 2.69. The third kappa shape index (κ3) is 3.81. The molecule has 1 heterocycles. The van der Waals surface area contributed by atoms with Crippen LogP contribution in [0.15, 0.2) is 36.2 Å². The maximum atomic E-state index is 13.0. The molecule has 0 aliphatic heterocycles. The summed E-state index contributed by atoms with van der Waals surface area (Å²) in [5.41, 5.74) is 1.58. The van der Waals surface area contributed by atoms with Crippen LogP contribution in [-0.4, -0.2) is 28.1 Å². The van der Waals surface area contributed by atoms with E-state index in [4.69, 9.17) is 4.74 Å². The van der Waals surface area contributed by atoms with E-state index in [0.717, 1.165) is 57.8 Å². The van der Waals surface area contributed by atoms with Gasteiger partial charge in [0.1, 0.15) is 6.10 Å². The van der Waals surface area contributed by atoms with Crippen LogP contribution in [0.25, 0.3) is 0 Å². The zero-order chi connectivity index (χ0) is 29.6. The molecule has 1 aromatic rings. The maximum Gasteiger partial charge on any atom is 0.339 e. The summed E-state index contributed by atoms with van der Waals surface area (Å²) in [4.78, 5) is 30.1. The number of aromatic nitrogens is 1. The number of rotatable bonds is 3. The molecule has 5 nitrogen and oxygen atoms in total. The van der Waals surface area contributed by atoms with Gasteiger partial charge in [-0.25, -0.2) is 4.79 Å². The Kier molecular flexibility index (Phi) is 6.64. The lowest BCUT2D eigenvalue weighted by atomic mass is 9.33. The normalized spacial score (nSPS) is 46.6. The summed E-state index contributed by atoms with van der Waals surface area (Å²) in [6.07, 6.45) is 14.6. The quantitative estimate of drug-likeness (QED) is 0.296. The maximum absolute atomic E-state index is 13.0. The van der Waals surface area contributed by atoms with Crippen molar-refractivity contribution in [3.05, 3.63) is 41.7 Å². The van der Waals surface area contributed by atoms with Crippen LogP contribution < -0.4 is 0 Å². The van der Waals surface area contributed by atoms with E-state index < -0.39 is 11.4 Å². The van der Waals surface area contributed by atoms with Crippen molar-refractivity contribution in [2.24, 2.45) is 56.7 Å². The molecule has 10 atom stereocenters. The molecule has 4 fully saturated rings. The molecule has 0 aromatic carbocycles. The largest absolute Gasteiger partial charge is 0.481 e. The monoisotopic (exact) mass is 561 g/mol. The minimum Gasteiger partial charge on any atom is -0.481 e. The smallest absolute Gasteiger partial charge is 0.339 e. The molecular formula is C36H51NO4. The van der Waals surface area contributed by atoms with Crippen LogP contribution >= 0.6 is 0 Å². The molecule has 1 unspecified atom stereocenters. The first-order valence-corrected chi connectivity index (χ1v) is 16.3. The van der Waals surface area contributed by atoms with Gasteiger partial charge in [0, 0.05) is 17.8 Å². The molecule has 1 N–H and O–H groups in total. The van der Waals surface area contributed by atoms with Crippen molar-refractivity contribution in [3.63, 3.8) is 0 Å². The number of carbonyl (C=O) groups is 2. The van der Waals surface area contributed by atoms with E-state index in [1.54, 1.807) is 24.5 Å². The highest BCUT2D eigenvalue weighted by molar-refractivity contribution is 5.89. The molecule has 41 heavy (non-hydrogen) atoms. The van der Waals surface area contributed by atoms with Gasteiger partial charge in [-0.1, -0.05) is 60.1 Å². The average molecular weight is 562 g/mol. The van der Waals surface area contributed by atoms with Gasteiger partial charge in [0.15, 0.2) is 0 Å². The average Bonchev–Trinajstić information content (AvgIpc) is 2.93. The molecule has 5 heteroatoms. The van der Waals surface area contributed by atoms with Gasteiger partial charge in [0.05, 0.1) is 11.0 Å². The van der Waals surface area contributed by atoms with Crippen molar-refractivity contribution < 1.29 is 19.4 Å². The lowest BCUT2D eigenvalue weighted by Gasteiger charge is -2.71. The fourth-order valence-corrected chi connectivity index (χ4v) is 11.7. The van der Waals surface area contributed by atoms with Crippen LogP contribution in [0, 0.1) is 56.7 Å². The van der Waals surface area contributed by atoms with Crippen molar-refractivity contribution in [1.82, 2.24) is 4.98 Å². The lowest BCUT2D eigenvalue weighted by Crippen LogP contribution is -2.65. The Labute approximate surface area is 246 Å². The molecular weight excluding hydrogens is 510 g/mol. The van der Waals surface area contributed by atoms with Gasteiger partial charge < -0.3 is 9.84 Å². The Hall–Kier alpha value is -2.17. The fourth-order valence-electron chi connectivity index (χ4n) is 11.7. The van der Waals surface area contributed by atoms with Crippen LogP contribution in [0.2, 0.25) is 0 Å². The van der Waals surface area contributed by atoms with Gasteiger partial charge in [0.25, 0.3) is 0 Å². The number of carboxylic acid groups (broad SMARTS) is 1. The first-order valence-electron chi connectivity index (χ1n) is 16.3. The molecule has 5 aliphatic rings. The summed E-state index contributed by atoms with van der Waals surface area (Å²) in [5, 5.41) is 10.6. The van der Waals surface area contributed by atoms with Crippen LogP contribution in [0.4, 0.5) is 0 Å². The van der Waals surface area contributed by atoms with E-state index >= 15 is 0 Å². The zero-order valence-corrected chi connectivity index (χ0v) is 26.3. The number of carboxylic acids is 1. The van der Waals surface area contributed by atoms with Gasteiger partial charge in [-0.05, 0) is 116 Å². The van der Waals surface area contributed by atoms with Crippen molar-refractivity contribution in [3.8, 4) is 0 Å². The van der Waals surface area contributed by atoms with Crippen LogP contribution in [0.5, 0.6) is 0 Å². The SMILES string of the molecule is C[C@H]1[C@H](C)CC[C@]2(C(=O)O)CC[C@]3(C)C(=CC[C@@H]4[C@@]5(C)CC[C@H](OC(=O)c6cccnc6)C(C)(C)C5CC[C@]43C)[C@H]12. The number of ether oxygens (including phenoxy) is 1. The van der Waals surface area contributed by atoms with E-state index in [9.17, 15) is 14.7 Å². The predicted molar refractivity (Wildman–Crippen MR) is 160 cm³/mol. The van der Waals surface area contributed by atoms with Crippen molar-refractivity contribution in [2.75, 3.05) is 0 Å². The Morgan fingerprint density at radius 2 is 1.71 bits per heavy atom. The molecule has 0 spiro atoms. The minimum atomic E-state index is -0.597.